The Balaban J connectivity index is 2.01. The normalized spacial score (nSPS) is 13.5. The van der Waals surface area contributed by atoms with Crippen molar-refractivity contribution in [2.75, 3.05) is 13.1 Å². The number of amides is 1. The first-order valence-corrected chi connectivity index (χ1v) is 8.82. The van der Waals surface area contributed by atoms with Crippen molar-refractivity contribution in [1.82, 2.24) is 4.90 Å². The van der Waals surface area contributed by atoms with Crippen molar-refractivity contribution in [3.05, 3.63) is 59.7 Å². The summed E-state index contributed by atoms with van der Waals surface area (Å²) in [7, 11) is 0. The van der Waals surface area contributed by atoms with Crippen LogP contribution in [0.1, 0.15) is 46.9 Å². The number of carbonyl (C=O) groups excluding carboxylic acids is 1. The molecule has 1 N–H and O–H groups in total. The molecule has 1 fully saturated rings. The fraction of sp³-hybridized carbons (Fsp3) is 0.333. The van der Waals surface area contributed by atoms with E-state index in [2.05, 4.69) is 6.92 Å². The lowest BCUT2D eigenvalue weighted by atomic mass is 9.94. The predicted molar refractivity (Wildman–Crippen MR) is 97.8 cm³/mol. The van der Waals surface area contributed by atoms with E-state index >= 15 is 0 Å². The molecule has 3 rings (SSSR count). The van der Waals surface area contributed by atoms with Crippen LogP contribution in [0.15, 0.2) is 48.5 Å². The molecule has 0 bridgehead atoms. The predicted octanol–water partition coefficient (Wildman–Crippen LogP) is 4.31. The highest BCUT2D eigenvalue weighted by atomic mass is 16.4. The second-order valence-electron chi connectivity index (χ2n) is 6.59. The van der Waals surface area contributed by atoms with Crippen LogP contribution >= 0.6 is 0 Å². The van der Waals surface area contributed by atoms with Gasteiger partial charge in [0.05, 0.1) is 5.56 Å². The lowest BCUT2D eigenvalue weighted by molar-refractivity contribution is 0.0695. The van der Waals surface area contributed by atoms with Crippen molar-refractivity contribution in [3.8, 4) is 11.1 Å². The van der Waals surface area contributed by atoms with Gasteiger partial charge in [-0.25, -0.2) is 4.79 Å². The van der Waals surface area contributed by atoms with E-state index in [9.17, 15) is 14.7 Å². The Morgan fingerprint density at radius 2 is 1.56 bits per heavy atom. The molecule has 130 valence electrons. The van der Waals surface area contributed by atoms with E-state index in [-0.39, 0.29) is 11.5 Å². The number of nitrogens with zero attached hydrogens (tertiary/aromatic N) is 1. The third kappa shape index (κ3) is 3.90. The van der Waals surface area contributed by atoms with Gasteiger partial charge >= 0.3 is 5.97 Å². The average Bonchev–Trinajstić information content (AvgIpc) is 3.45. The molecule has 0 spiro atoms. The van der Waals surface area contributed by atoms with Crippen LogP contribution in [0.25, 0.3) is 11.1 Å². The van der Waals surface area contributed by atoms with Gasteiger partial charge in [-0.3, -0.25) is 4.79 Å². The minimum Gasteiger partial charge on any atom is -0.478 e. The van der Waals surface area contributed by atoms with Crippen molar-refractivity contribution >= 4 is 11.9 Å². The Labute approximate surface area is 148 Å². The Morgan fingerprint density at radius 1 is 1.00 bits per heavy atom. The first-order chi connectivity index (χ1) is 12.1. The molecule has 25 heavy (non-hydrogen) atoms. The number of aromatic carboxylic acids is 1. The Hall–Kier alpha value is -2.62. The van der Waals surface area contributed by atoms with Crippen LogP contribution in [-0.2, 0) is 0 Å². The zero-order chi connectivity index (χ0) is 17.8. The van der Waals surface area contributed by atoms with E-state index < -0.39 is 5.97 Å². The molecule has 4 nitrogen and oxygen atoms in total. The summed E-state index contributed by atoms with van der Waals surface area (Å²) in [6.07, 6.45) is 3.29. The summed E-state index contributed by atoms with van der Waals surface area (Å²) in [4.78, 5) is 26.6. The Bertz CT molecular complexity index is 780. The number of carboxylic acid groups (broad SMARTS) is 1. The van der Waals surface area contributed by atoms with Crippen LogP contribution in [-0.4, -0.2) is 35.0 Å². The Kier molecular flexibility index (Phi) is 5.17. The van der Waals surface area contributed by atoms with Gasteiger partial charge in [-0.15, -0.1) is 0 Å². The quantitative estimate of drug-likeness (QED) is 0.819. The highest BCUT2D eigenvalue weighted by Gasteiger charge is 2.28. The molecule has 0 aliphatic heterocycles. The Morgan fingerprint density at radius 3 is 2.12 bits per heavy atom. The minimum atomic E-state index is -0.985. The fourth-order valence-corrected chi connectivity index (χ4v) is 3.14. The van der Waals surface area contributed by atoms with Gasteiger partial charge in [0, 0.05) is 18.7 Å². The first-order valence-electron chi connectivity index (χ1n) is 8.82. The van der Waals surface area contributed by atoms with Gasteiger partial charge in [-0.1, -0.05) is 43.3 Å². The molecule has 4 heteroatoms. The van der Waals surface area contributed by atoms with Crippen molar-refractivity contribution in [2.24, 2.45) is 5.92 Å². The molecule has 0 aromatic heterocycles. The highest BCUT2D eigenvalue weighted by molar-refractivity contribution is 6.04. The lowest BCUT2D eigenvalue weighted by Gasteiger charge is -2.23. The topological polar surface area (TPSA) is 57.6 Å². The number of carbonyl (C=O) groups is 2. The zero-order valence-corrected chi connectivity index (χ0v) is 14.4. The van der Waals surface area contributed by atoms with Crippen LogP contribution in [0.2, 0.25) is 0 Å². The van der Waals surface area contributed by atoms with Crippen molar-refractivity contribution in [3.63, 3.8) is 0 Å². The molecule has 0 radical (unpaired) electrons. The molecule has 2 aromatic carbocycles. The molecule has 1 aliphatic carbocycles. The summed E-state index contributed by atoms with van der Waals surface area (Å²) in [5.74, 6) is -0.375. The summed E-state index contributed by atoms with van der Waals surface area (Å²) in [6.45, 7) is 3.59. The highest BCUT2D eigenvalue weighted by Crippen LogP contribution is 2.32. The summed E-state index contributed by atoms with van der Waals surface area (Å²) in [6, 6.07) is 14.2. The zero-order valence-electron chi connectivity index (χ0n) is 14.4. The second kappa shape index (κ2) is 7.51. The number of benzene rings is 2. The van der Waals surface area contributed by atoms with E-state index in [4.69, 9.17) is 0 Å². The maximum atomic E-state index is 13.2. The summed E-state index contributed by atoms with van der Waals surface area (Å²) in [5, 5.41) is 9.48. The van der Waals surface area contributed by atoms with Gasteiger partial charge in [0.25, 0.3) is 5.91 Å². The summed E-state index contributed by atoms with van der Waals surface area (Å²) < 4.78 is 0. The molecule has 1 aliphatic rings. The van der Waals surface area contributed by atoms with E-state index in [1.54, 1.807) is 30.3 Å². The molecular weight excluding hydrogens is 314 g/mol. The van der Waals surface area contributed by atoms with Crippen LogP contribution < -0.4 is 0 Å². The van der Waals surface area contributed by atoms with Crippen LogP contribution in [0.5, 0.6) is 0 Å². The van der Waals surface area contributed by atoms with Crippen LogP contribution in [0.4, 0.5) is 0 Å². The standard InChI is InChI=1S/C21H23NO3/c1-2-13-22(14-15-11-12-15)20(23)18-9-5-3-7-16(18)17-8-4-6-10-19(17)21(24)25/h3-10,15H,2,11-14H2,1H3,(H,24,25). The number of carboxylic acids is 1. The second-order valence-corrected chi connectivity index (χ2v) is 6.59. The maximum Gasteiger partial charge on any atom is 0.336 e. The maximum absolute atomic E-state index is 13.2. The van der Waals surface area contributed by atoms with Crippen molar-refractivity contribution in [1.29, 1.82) is 0 Å². The largest absolute Gasteiger partial charge is 0.478 e. The third-order valence-corrected chi connectivity index (χ3v) is 4.56. The average molecular weight is 337 g/mol. The number of hydrogen-bond donors (Lipinski definition) is 1. The molecule has 0 unspecified atom stereocenters. The molecule has 0 atom stereocenters. The third-order valence-electron chi connectivity index (χ3n) is 4.56. The molecule has 0 saturated heterocycles. The number of hydrogen-bond acceptors (Lipinski definition) is 2. The van der Waals surface area contributed by atoms with Crippen LogP contribution in [0, 0.1) is 5.92 Å². The SMILES string of the molecule is CCCN(CC1CC1)C(=O)c1ccccc1-c1ccccc1C(=O)O. The van der Waals surface area contributed by atoms with Crippen LogP contribution in [0.3, 0.4) is 0 Å². The smallest absolute Gasteiger partial charge is 0.336 e. The molecule has 0 heterocycles. The van der Waals surface area contributed by atoms with Gasteiger partial charge in [0.2, 0.25) is 0 Å². The summed E-state index contributed by atoms with van der Waals surface area (Å²) >= 11 is 0. The lowest BCUT2D eigenvalue weighted by Crippen LogP contribution is -2.34. The fourth-order valence-electron chi connectivity index (χ4n) is 3.14. The van der Waals surface area contributed by atoms with E-state index in [1.165, 1.54) is 12.8 Å². The molecule has 2 aromatic rings. The van der Waals surface area contributed by atoms with Gasteiger partial charge in [0.1, 0.15) is 0 Å². The van der Waals surface area contributed by atoms with Gasteiger partial charge < -0.3 is 10.0 Å². The van der Waals surface area contributed by atoms with E-state index in [0.29, 0.717) is 22.6 Å². The van der Waals surface area contributed by atoms with Crippen molar-refractivity contribution < 1.29 is 14.7 Å². The monoisotopic (exact) mass is 337 g/mol. The molecule has 1 saturated carbocycles. The van der Waals surface area contributed by atoms with E-state index in [0.717, 1.165) is 19.5 Å². The first kappa shape index (κ1) is 17.2. The van der Waals surface area contributed by atoms with Crippen molar-refractivity contribution in [2.45, 2.75) is 26.2 Å². The van der Waals surface area contributed by atoms with Gasteiger partial charge in [0.15, 0.2) is 0 Å². The molecular formula is C21H23NO3. The number of rotatable bonds is 7. The van der Waals surface area contributed by atoms with E-state index in [1.807, 2.05) is 23.1 Å². The minimum absolute atomic E-state index is 0.00968. The summed E-state index contributed by atoms with van der Waals surface area (Å²) in [5.41, 5.74) is 2.06. The van der Waals surface area contributed by atoms with Gasteiger partial charge in [-0.05, 0) is 48.4 Å². The molecule has 1 amide bonds. The van der Waals surface area contributed by atoms with Gasteiger partial charge in [-0.2, -0.15) is 0 Å².